The van der Waals surface area contributed by atoms with Gasteiger partial charge in [0, 0.05) is 25.4 Å². The highest BCUT2D eigenvalue weighted by molar-refractivity contribution is 6.18. The molecule has 3 rings (SSSR count). The Hall–Kier alpha value is -1.54. The summed E-state index contributed by atoms with van der Waals surface area (Å²) in [5.41, 5.74) is 1.28. The quantitative estimate of drug-likeness (QED) is 0.789. The number of benzene rings is 2. The molecule has 104 valence electrons. The fourth-order valence-corrected chi connectivity index (χ4v) is 3.04. The molecule has 1 fully saturated rings. The Kier molecular flexibility index (Phi) is 3.93. The highest BCUT2D eigenvalue weighted by atomic mass is 35.5. The molecule has 0 N–H and O–H groups in total. The predicted molar refractivity (Wildman–Crippen MR) is 83.1 cm³/mol. The molecule has 0 aliphatic carbocycles. The van der Waals surface area contributed by atoms with Crippen molar-refractivity contribution in [3.05, 3.63) is 48.0 Å². The summed E-state index contributed by atoms with van der Waals surface area (Å²) in [6, 6.07) is 14.9. The van der Waals surface area contributed by atoms with E-state index in [0.29, 0.717) is 18.2 Å². The van der Waals surface area contributed by atoms with E-state index in [1.807, 2.05) is 4.90 Å². The molecule has 2 aromatic carbocycles. The van der Waals surface area contributed by atoms with Crippen LogP contribution >= 0.6 is 11.6 Å². The summed E-state index contributed by atoms with van der Waals surface area (Å²) in [7, 11) is 0. The number of likely N-dealkylation sites (tertiary alicyclic amines) is 1. The fourth-order valence-electron chi connectivity index (χ4n) is 2.83. The van der Waals surface area contributed by atoms with Gasteiger partial charge in [0.15, 0.2) is 0 Å². The van der Waals surface area contributed by atoms with Gasteiger partial charge in [-0.3, -0.25) is 4.79 Å². The minimum Gasteiger partial charge on any atom is -0.342 e. The fraction of sp³-hybridized carbons (Fsp3) is 0.353. The van der Waals surface area contributed by atoms with Crippen molar-refractivity contribution in [3.63, 3.8) is 0 Å². The van der Waals surface area contributed by atoms with Crippen LogP contribution in [0, 0.1) is 5.92 Å². The zero-order chi connectivity index (χ0) is 13.9. The molecule has 1 aliphatic heterocycles. The monoisotopic (exact) mass is 287 g/mol. The number of carbonyl (C=O) groups is 1. The van der Waals surface area contributed by atoms with Gasteiger partial charge in [-0.15, -0.1) is 11.6 Å². The molecule has 1 unspecified atom stereocenters. The van der Waals surface area contributed by atoms with Crippen LogP contribution in [0.25, 0.3) is 10.8 Å². The maximum absolute atomic E-state index is 11.8. The first-order valence-corrected chi connectivity index (χ1v) is 7.61. The number of fused-ring (bicyclic) bond motifs is 1. The molecule has 1 amide bonds. The Bertz CT molecular complexity index is 625. The van der Waals surface area contributed by atoms with Crippen LogP contribution in [0.5, 0.6) is 0 Å². The van der Waals surface area contributed by atoms with E-state index in [9.17, 15) is 4.79 Å². The Morgan fingerprint density at radius 1 is 1.15 bits per heavy atom. The zero-order valence-corrected chi connectivity index (χ0v) is 12.1. The molecular weight excluding hydrogens is 270 g/mol. The van der Waals surface area contributed by atoms with Crippen molar-refractivity contribution in [3.8, 4) is 0 Å². The Morgan fingerprint density at radius 3 is 2.70 bits per heavy atom. The van der Waals surface area contributed by atoms with Gasteiger partial charge in [0.1, 0.15) is 0 Å². The average Bonchev–Trinajstić information content (AvgIpc) is 2.85. The van der Waals surface area contributed by atoms with Gasteiger partial charge < -0.3 is 4.90 Å². The van der Waals surface area contributed by atoms with Crippen molar-refractivity contribution in [2.24, 2.45) is 5.92 Å². The van der Waals surface area contributed by atoms with Gasteiger partial charge in [-0.25, -0.2) is 0 Å². The van der Waals surface area contributed by atoms with Gasteiger partial charge in [-0.1, -0.05) is 42.5 Å². The summed E-state index contributed by atoms with van der Waals surface area (Å²) in [5, 5.41) is 2.52. The first-order chi connectivity index (χ1) is 9.76. The van der Waals surface area contributed by atoms with Crippen LogP contribution in [-0.2, 0) is 11.2 Å². The maximum atomic E-state index is 11.8. The molecule has 1 heterocycles. The van der Waals surface area contributed by atoms with Gasteiger partial charge in [0.2, 0.25) is 5.91 Å². The SMILES string of the molecule is O=C1CC(CCl)CN1CCc1ccc2ccccc2c1. The summed E-state index contributed by atoms with van der Waals surface area (Å²) < 4.78 is 0. The highest BCUT2D eigenvalue weighted by Crippen LogP contribution is 2.20. The number of halogens is 1. The topological polar surface area (TPSA) is 20.3 Å². The average molecular weight is 288 g/mol. The maximum Gasteiger partial charge on any atom is 0.222 e. The largest absolute Gasteiger partial charge is 0.342 e. The van der Waals surface area contributed by atoms with Crippen LogP contribution in [0.4, 0.5) is 0 Å². The molecule has 20 heavy (non-hydrogen) atoms. The Balaban J connectivity index is 1.66. The molecule has 0 saturated carbocycles. The molecular formula is C17H18ClNO. The number of nitrogens with zero attached hydrogens (tertiary/aromatic N) is 1. The Morgan fingerprint density at radius 2 is 1.95 bits per heavy atom. The highest BCUT2D eigenvalue weighted by Gasteiger charge is 2.28. The van der Waals surface area contributed by atoms with Crippen molar-refractivity contribution in [2.45, 2.75) is 12.8 Å². The predicted octanol–water partition coefficient (Wildman–Crippen LogP) is 3.47. The molecule has 3 heteroatoms. The molecule has 2 aromatic rings. The summed E-state index contributed by atoms with van der Waals surface area (Å²) in [6.07, 6.45) is 1.52. The summed E-state index contributed by atoms with van der Waals surface area (Å²) >= 11 is 5.84. The van der Waals surface area contributed by atoms with Crippen LogP contribution in [-0.4, -0.2) is 29.8 Å². The van der Waals surface area contributed by atoms with Crippen molar-refractivity contribution in [2.75, 3.05) is 19.0 Å². The van der Waals surface area contributed by atoms with E-state index in [2.05, 4.69) is 42.5 Å². The third kappa shape index (κ3) is 2.80. The smallest absolute Gasteiger partial charge is 0.222 e. The van der Waals surface area contributed by atoms with Gasteiger partial charge in [0.25, 0.3) is 0 Å². The van der Waals surface area contributed by atoms with E-state index in [-0.39, 0.29) is 5.91 Å². The number of hydrogen-bond acceptors (Lipinski definition) is 1. The van der Waals surface area contributed by atoms with Crippen LogP contribution in [0.2, 0.25) is 0 Å². The van der Waals surface area contributed by atoms with Crippen molar-refractivity contribution in [1.82, 2.24) is 4.90 Å². The molecule has 2 nitrogen and oxygen atoms in total. The second kappa shape index (κ2) is 5.84. The summed E-state index contributed by atoms with van der Waals surface area (Å²) in [5.74, 6) is 1.16. The number of amides is 1. The molecule has 0 aromatic heterocycles. The van der Waals surface area contributed by atoms with Crippen molar-refractivity contribution >= 4 is 28.3 Å². The lowest BCUT2D eigenvalue weighted by Gasteiger charge is -2.16. The number of carbonyl (C=O) groups excluding carboxylic acids is 1. The van der Waals surface area contributed by atoms with Gasteiger partial charge in [-0.05, 0) is 28.7 Å². The number of alkyl halides is 1. The lowest BCUT2D eigenvalue weighted by molar-refractivity contribution is -0.127. The van der Waals surface area contributed by atoms with Crippen LogP contribution in [0.3, 0.4) is 0 Å². The van der Waals surface area contributed by atoms with E-state index >= 15 is 0 Å². The number of rotatable bonds is 4. The van der Waals surface area contributed by atoms with E-state index in [1.165, 1.54) is 16.3 Å². The van der Waals surface area contributed by atoms with E-state index < -0.39 is 0 Å². The first-order valence-electron chi connectivity index (χ1n) is 7.07. The Labute approximate surface area is 124 Å². The number of hydrogen-bond donors (Lipinski definition) is 0. The molecule has 0 spiro atoms. The molecule has 0 radical (unpaired) electrons. The standard InChI is InChI=1S/C17H18ClNO/c18-11-14-10-17(20)19(12-14)8-7-13-5-6-15-3-1-2-4-16(15)9-13/h1-6,9,14H,7-8,10-12H2. The first kappa shape index (κ1) is 13.4. The van der Waals surface area contributed by atoms with E-state index in [1.54, 1.807) is 0 Å². The normalized spacial score (nSPS) is 18.9. The van der Waals surface area contributed by atoms with Crippen LogP contribution in [0.15, 0.2) is 42.5 Å². The van der Waals surface area contributed by atoms with E-state index in [0.717, 1.165) is 19.5 Å². The van der Waals surface area contributed by atoms with Crippen molar-refractivity contribution < 1.29 is 4.79 Å². The van der Waals surface area contributed by atoms with Crippen molar-refractivity contribution in [1.29, 1.82) is 0 Å². The molecule has 0 bridgehead atoms. The van der Waals surface area contributed by atoms with Gasteiger partial charge in [0.05, 0.1) is 0 Å². The second-order valence-corrected chi connectivity index (χ2v) is 5.80. The van der Waals surface area contributed by atoms with Crippen LogP contribution in [0.1, 0.15) is 12.0 Å². The summed E-state index contributed by atoms with van der Waals surface area (Å²) in [6.45, 7) is 1.61. The third-order valence-corrected chi connectivity index (χ3v) is 4.43. The summed E-state index contributed by atoms with van der Waals surface area (Å²) in [4.78, 5) is 13.8. The molecule has 1 saturated heterocycles. The minimum atomic E-state index is 0.247. The van der Waals surface area contributed by atoms with Gasteiger partial charge >= 0.3 is 0 Å². The zero-order valence-electron chi connectivity index (χ0n) is 11.4. The molecule has 1 aliphatic rings. The van der Waals surface area contributed by atoms with Gasteiger partial charge in [-0.2, -0.15) is 0 Å². The minimum absolute atomic E-state index is 0.247. The lowest BCUT2D eigenvalue weighted by atomic mass is 10.1. The molecule has 1 atom stereocenters. The second-order valence-electron chi connectivity index (χ2n) is 5.50. The third-order valence-electron chi connectivity index (χ3n) is 4.00. The lowest BCUT2D eigenvalue weighted by Crippen LogP contribution is -2.27. The van der Waals surface area contributed by atoms with E-state index in [4.69, 9.17) is 11.6 Å². The van der Waals surface area contributed by atoms with Crippen LogP contribution < -0.4 is 0 Å².